The van der Waals surface area contributed by atoms with E-state index in [-0.39, 0.29) is 11.9 Å². The molecule has 0 spiro atoms. The van der Waals surface area contributed by atoms with Gasteiger partial charge in [0.1, 0.15) is 6.54 Å². The third kappa shape index (κ3) is 6.32. The van der Waals surface area contributed by atoms with Gasteiger partial charge in [-0.05, 0) is 44.5 Å². The Labute approximate surface area is 172 Å². The fourth-order valence-corrected chi connectivity index (χ4v) is 3.48. The Bertz CT molecular complexity index is 972. The van der Waals surface area contributed by atoms with Crippen LogP contribution in [0.4, 0.5) is 11.4 Å². The van der Waals surface area contributed by atoms with E-state index < -0.39 is 22.5 Å². The van der Waals surface area contributed by atoms with Gasteiger partial charge in [-0.1, -0.05) is 36.8 Å². The summed E-state index contributed by atoms with van der Waals surface area (Å²) in [6, 6.07) is 13.5. The predicted molar refractivity (Wildman–Crippen MR) is 116 cm³/mol. The molecule has 156 valence electrons. The van der Waals surface area contributed by atoms with Crippen LogP contribution in [0.5, 0.6) is 0 Å². The van der Waals surface area contributed by atoms with Crippen molar-refractivity contribution in [3.8, 4) is 0 Å². The van der Waals surface area contributed by atoms with Crippen LogP contribution in [0.3, 0.4) is 0 Å². The second-order valence-electron chi connectivity index (χ2n) is 6.98. The van der Waals surface area contributed by atoms with Gasteiger partial charge >= 0.3 is 0 Å². The molecule has 0 aliphatic heterocycles. The summed E-state index contributed by atoms with van der Waals surface area (Å²) in [5.74, 6) is -0.839. The van der Waals surface area contributed by atoms with Gasteiger partial charge in [-0.3, -0.25) is 13.9 Å². The van der Waals surface area contributed by atoms with E-state index in [0.29, 0.717) is 16.9 Å². The van der Waals surface area contributed by atoms with Crippen molar-refractivity contribution in [1.29, 1.82) is 0 Å². The maximum atomic E-state index is 12.6. The first-order valence-corrected chi connectivity index (χ1v) is 11.2. The van der Waals surface area contributed by atoms with Gasteiger partial charge in [-0.2, -0.15) is 0 Å². The molecule has 2 N–H and O–H groups in total. The van der Waals surface area contributed by atoms with Crippen molar-refractivity contribution in [2.75, 3.05) is 22.4 Å². The average molecular weight is 418 g/mol. The predicted octanol–water partition coefficient (Wildman–Crippen LogP) is 2.93. The molecule has 0 radical (unpaired) electrons. The fraction of sp³-hybridized carbons (Fsp3) is 0.333. The highest BCUT2D eigenvalue weighted by molar-refractivity contribution is 7.92. The molecule has 0 aromatic heterocycles. The standard InChI is InChI=1S/C21H27N3O4S/c1-5-16(3)22-21(26)18-8-6-7-9-19(18)23-20(25)14-24(29(4,27)28)17-12-10-15(2)11-13-17/h6-13,16H,5,14H2,1-4H3,(H,22,26)(H,23,25). The summed E-state index contributed by atoms with van der Waals surface area (Å²) in [6.07, 6.45) is 1.83. The maximum absolute atomic E-state index is 12.6. The third-order valence-electron chi connectivity index (χ3n) is 4.45. The van der Waals surface area contributed by atoms with E-state index in [1.165, 1.54) is 0 Å². The van der Waals surface area contributed by atoms with Crippen LogP contribution < -0.4 is 14.9 Å². The van der Waals surface area contributed by atoms with E-state index in [0.717, 1.165) is 22.5 Å². The number of hydrogen-bond acceptors (Lipinski definition) is 4. The van der Waals surface area contributed by atoms with Gasteiger partial charge in [0.05, 0.1) is 23.2 Å². The van der Waals surface area contributed by atoms with Gasteiger partial charge in [0.25, 0.3) is 5.91 Å². The fourth-order valence-electron chi connectivity index (χ4n) is 2.62. The molecule has 0 heterocycles. The molecule has 0 aliphatic carbocycles. The molecular weight excluding hydrogens is 390 g/mol. The minimum Gasteiger partial charge on any atom is -0.350 e. The SMILES string of the molecule is CCC(C)NC(=O)c1ccccc1NC(=O)CN(c1ccc(C)cc1)S(C)(=O)=O. The number of carbonyl (C=O) groups is 2. The Kier molecular flexibility index (Phi) is 7.39. The van der Waals surface area contributed by atoms with Crippen molar-refractivity contribution >= 4 is 33.2 Å². The smallest absolute Gasteiger partial charge is 0.253 e. The largest absolute Gasteiger partial charge is 0.350 e. The van der Waals surface area contributed by atoms with Crippen LogP contribution in [0, 0.1) is 6.92 Å². The molecular formula is C21H27N3O4S. The number of aryl methyl sites for hydroxylation is 1. The van der Waals surface area contributed by atoms with Crippen LogP contribution in [0.25, 0.3) is 0 Å². The summed E-state index contributed by atoms with van der Waals surface area (Å²) in [5, 5.41) is 5.52. The second kappa shape index (κ2) is 9.56. The van der Waals surface area contributed by atoms with Crippen LogP contribution in [0.1, 0.15) is 36.2 Å². The van der Waals surface area contributed by atoms with Crippen molar-refractivity contribution in [3.63, 3.8) is 0 Å². The summed E-state index contributed by atoms with van der Waals surface area (Å²) in [5.41, 5.74) is 2.03. The molecule has 2 aromatic carbocycles. The first-order chi connectivity index (χ1) is 13.6. The monoisotopic (exact) mass is 417 g/mol. The molecule has 1 unspecified atom stereocenters. The van der Waals surface area contributed by atoms with E-state index in [9.17, 15) is 18.0 Å². The van der Waals surface area contributed by atoms with E-state index in [1.807, 2.05) is 20.8 Å². The summed E-state index contributed by atoms with van der Waals surface area (Å²) >= 11 is 0. The number of nitrogens with zero attached hydrogens (tertiary/aromatic N) is 1. The first-order valence-electron chi connectivity index (χ1n) is 9.36. The Hall–Kier alpha value is -2.87. The van der Waals surface area contributed by atoms with E-state index in [4.69, 9.17) is 0 Å². The van der Waals surface area contributed by atoms with Crippen molar-refractivity contribution in [3.05, 3.63) is 59.7 Å². The summed E-state index contributed by atoms with van der Waals surface area (Å²) in [6.45, 7) is 5.35. The number of para-hydroxylation sites is 1. The lowest BCUT2D eigenvalue weighted by Gasteiger charge is -2.22. The Morgan fingerprint density at radius 1 is 1.07 bits per heavy atom. The van der Waals surface area contributed by atoms with Gasteiger partial charge in [-0.25, -0.2) is 8.42 Å². The Balaban J connectivity index is 2.21. The maximum Gasteiger partial charge on any atom is 0.253 e. The van der Waals surface area contributed by atoms with Crippen molar-refractivity contribution < 1.29 is 18.0 Å². The zero-order valence-corrected chi connectivity index (χ0v) is 17.9. The number of benzene rings is 2. The Morgan fingerprint density at radius 2 is 1.69 bits per heavy atom. The molecule has 2 rings (SSSR count). The number of nitrogens with one attached hydrogen (secondary N) is 2. The minimum absolute atomic E-state index is 0.00600. The van der Waals surface area contributed by atoms with Crippen LogP contribution in [0.2, 0.25) is 0 Å². The van der Waals surface area contributed by atoms with Gasteiger partial charge in [0.15, 0.2) is 0 Å². The zero-order chi connectivity index (χ0) is 21.6. The number of anilines is 2. The second-order valence-corrected chi connectivity index (χ2v) is 8.89. The zero-order valence-electron chi connectivity index (χ0n) is 17.1. The lowest BCUT2D eigenvalue weighted by atomic mass is 10.1. The molecule has 7 nitrogen and oxygen atoms in total. The normalized spacial score (nSPS) is 12.1. The van der Waals surface area contributed by atoms with Gasteiger partial charge in [0, 0.05) is 6.04 Å². The van der Waals surface area contributed by atoms with Crippen molar-refractivity contribution in [2.24, 2.45) is 0 Å². The molecule has 0 saturated heterocycles. The molecule has 0 aliphatic rings. The lowest BCUT2D eigenvalue weighted by molar-refractivity contribution is -0.114. The highest BCUT2D eigenvalue weighted by Crippen LogP contribution is 2.19. The third-order valence-corrected chi connectivity index (χ3v) is 5.59. The molecule has 0 fully saturated rings. The summed E-state index contributed by atoms with van der Waals surface area (Å²) in [7, 11) is -3.67. The van der Waals surface area contributed by atoms with Crippen LogP contribution in [-0.4, -0.2) is 39.1 Å². The molecule has 0 saturated carbocycles. The number of rotatable bonds is 8. The number of amides is 2. The van der Waals surface area contributed by atoms with Crippen molar-refractivity contribution in [1.82, 2.24) is 5.32 Å². The van der Waals surface area contributed by atoms with Gasteiger partial charge < -0.3 is 10.6 Å². The first kappa shape index (κ1) is 22.4. The van der Waals surface area contributed by atoms with Crippen LogP contribution >= 0.6 is 0 Å². The van der Waals surface area contributed by atoms with Gasteiger partial charge in [0.2, 0.25) is 15.9 Å². The summed E-state index contributed by atoms with van der Waals surface area (Å²) in [4.78, 5) is 25.1. The molecule has 2 amide bonds. The molecule has 29 heavy (non-hydrogen) atoms. The number of carbonyl (C=O) groups excluding carboxylic acids is 2. The highest BCUT2D eigenvalue weighted by Gasteiger charge is 2.22. The molecule has 8 heteroatoms. The Morgan fingerprint density at radius 3 is 2.28 bits per heavy atom. The van der Waals surface area contributed by atoms with Crippen molar-refractivity contribution in [2.45, 2.75) is 33.2 Å². The molecule has 0 bridgehead atoms. The summed E-state index contributed by atoms with van der Waals surface area (Å²) < 4.78 is 25.5. The van der Waals surface area contributed by atoms with Crippen LogP contribution in [-0.2, 0) is 14.8 Å². The topological polar surface area (TPSA) is 95.6 Å². The van der Waals surface area contributed by atoms with E-state index in [1.54, 1.807) is 48.5 Å². The number of hydrogen-bond donors (Lipinski definition) is 2. The molecule has 2 aromatic rings. The minimum atomic E-state index is -3.67. The van der Waals surface area contributed by atoms with Gasteiger partial charge in [-0.15, -0.1) is 0 Å². The highest BCUT2D eigenvalue weighted by atomic mass is 32.2. The average Bonchev–Trinajstić information content (AvgIpc) is 2.66. The number of sulfonamides is 1. The van der Waals surface area contributed by atoms with E-state index in [2.05, 4.69) is 10.6 Å². The van der Waals surface area contributed by atoms with E-state index >= 15 is 0 Å². The lowest BCUT2D eigenvalue weighted by Crippen LogP contribution is -2.38. The quantitative estimate of drug-likeness (QED) is 0.690. The molecule has 1 atom stereocenters. The van der Waals surface area contributed by atoms with Crippen LogP contribution in [0.15, 0.2) is 48.5 Å².